The molecule has 0 aliphatic heterocycles. The lowest BCUT2D eigenvalue weighted by molar-refractivity contribution is -0.120. The SMILES string of the molecule is CC(C)C(C)NCC(=O)NCc1cccc(Cl)c1F. The van der Waals surface area contributed by atoms with Crippen molar-refractivity contribution < 1.29 is 9.18 Å². The minimum atomic E-state index is -0.479. The summed E-state index contributed by atoms with van der Waals surface area (Å²) in [5.41, 5.74) is 0.387. The summed E-state index contributed by atoms with van der Waals surface area (Å²) in [6, 6.07) is 5.00. The molecule has 2 N–H and O–H groups in total. The number of hydrogen-bond acceptors (Lipinski definition) is 2. The van der Waals surface area contributed by atoms with Crippen molar-refractivity contribution in [1.82, 2.24) is 10.6 Å². The highest BCUT2D eigenvalue weighted by atomic mass is 35.5. The molecule has 0 aliphatic rings. The molecule has 1 unspecified atom stereocenters. The maximum absolute atomic E-state index is 13.6. The van der Waals surface area contributed by atoms with Crippen molar-refractivity contribution >= 4 is 17.5 Å². The quantitative estimate of drug-likeness (QED) is 0.844. The van der Waals surface area contributed by atoms with E-state index in [4.69, 9.17) is 11.6 Å². The van der Waals surface area contributed by atoms with Crippen molar-refractivity contribution in [2.24, 2.45) is 5.92 Å². The van der Waals surface area contributed by atoms with Gasteiger partial charge in [-0.3, -0.25) is 4.79 Å². The predicted molar refractivity (Wildman–Crippen MR) is 75.6 cm³/mol. The maximum Gasteiger partial charge on any atom is 0.234 e. The van der Waals surface area contributed by atoms with Crippen LogP contribution in [0.3, 0.4) is 0 Å². The van der Waals surface area contributed by atoms with Crippen LogP contribution in [0, 0.1) is 11.7 Å². The van der Waals surface area contributed by atoms with Gasteiger partial charge in [0, 0.05) is 18.2 Å². The molecule has 1 amide bonds. The van der Waals surface area contributed by atoms with E-state index in [1.807, 2.05) is 6.92 Å². The first kappa shape index (κ1) is 15.9. The first-order chi connectivity index (χ1) is 8.91. The van der Waals surface area contributed by atoms with E-state index in [0.29, 0.717) is 11.5 Å². The number of rotatable bonds is 6. The van der Waals surface area contributed by atoms with E-state index in [1.165, 1.54) is 6.07 Å². The monoisotopic (exact) mass is 286 g/mol. The third-order valence-electron chi connectivity index (χ3n) is 3.09. The molecule has 0 spiro atoms. The number of halogens is 2. The predicted octanol–water partition coefficient (Wildman–Crippen LogP) is 2.73. The highest BCUT2D eigenvalue weighted by Gasteiger charge is 2.10. The molecule has 19 heavy (non-hydrogen) atoms. The highest BCUT2D eigenvalue weighted by molar-refractivity contribution is 6.30. The molecule has 106 valence electrons. The van der Waals surface area contributed by atoms with Crippen LogP contribution < -0.4 is 10.6 Å². The Labute approximate surface area is 118 Å². The van der Waals surface area contributed by atoms with Crippen LogP contribution in [0.15, 0.2) is 18.2 Å². The Kier molecular flexibility index (Phi) is 6.25. The molecule has 0 aromatic heterocycles. The molecule has 0 saturated carbocycles. The Bertz CT molecular complexity index is 437. The summed E-state index contributed by atoms with van der Waals surface area (Å²) in [4.78, 5) is 11.6. The van der Waals surface area contributed by atoms with Gasteiger partial charge in [0.1, 0.15) is 5.82 Å². The second kappa shape index (κ2) is 7.46. The molecular weight excluding hydrogens is 267 g/mol. The van der Waals surface area contributed by atoms with Gasteiger partial charge in [0.25, 0.3) is 0 Å². The molecule has 1 aromatic rings. The van der Waals surface area contributed by atoms with E-state index in [1.54, 1.807) is 12.1 Å². The average Bonchev–Trinajstić information content (AvgIpc) is 2.37. The number of carbonyl (C=O) groups excluding carboxylic acids is 1. The van der Waals surface area contributed by atoms with Crippen molar-refractivity contribution in [3.05, 3.63) is 34.6 Å². The van der Waals surface area contributed by atoms with E-state index in [0.717, 1.165) is 0 Å². The molecule has 3 nitrogen and oxygen atoms in total. The van der Waals surface area contributed by atoms with Gasteiger partial charge in [0.15, 0.2) is 0 Å². The summed E-state index contributed by atoms with van der Waals surface area (Å²) in [6.07, 6.45) is 0. The molecule has 0 aliphatic carbocycles. The Morgan fingerprint density at radius 3 is 2.68 bits per heavy atom. The highest BCUT2D eigenvalue weighted by Crippen LogP contribution is 2.17. The summed E-state index contributed by atoms with van der Waals surface area (Å²) in [7, 11) is 0. The molecule has 5 heteroatoms. The number of hydrogen-bond donors (Lipinski definition) is 2. The molecule has 0 heterocycles. The normalized spacial score (nSPS) is 12.5. The number of amides is 1. The zero-order valence-corrected chi connectivity index (χ0v) is 12.2. The minimum absolute atomic E-state index is 0.0679. The van der Waals surface area contributed by atoms with Gasteiger partial charge >= 0.3 is 0 Å². The van der Waals surface area contributed by atoms with Crippen molar-refractivity contribution in [2.45, 2.75) is 33.4 Å². The van der Waals surface area contributed by atoms with Crippen molar-refractivity contribution in [3.8, 4) is 0 Å². The lowest BCUT2D eigenvalue weighted by Gasteiger charge is -2.17. The van der Waals surface area contributed by atoms with E-state index in [-0.39, 0.29) is 30.1 Å². The summed E-state index contributed by atoms with van der Waals surface area (Å²) < 4.78 is 13.6. The fourth-order valence-electron chi connectivity index (χ4n) is 1.43. The van der Waals surface area contributed by atoms with Gasteiger partial charge in [0.05, 0.1) is 11.6 Å². The Morgan fingerprint density at radius 2 is 2.05 bits per heavy atom. The van der Waals surface area contributed by atoms with Gasteiger partial charge in [-0.2, -0.15) is 0 Å². The minimum Gasteiger partial charge on any atom is -0.351 e. The lowest BCUT2D eigenvalue weighted by atomic mass is 10.1. The second-order valence-electron chi connectivity index (χ2n) is 4.90. The van der Waals surface area contributed by atoms with Crippen molar-refractivity contribution in [1.29, 1.82) is 0 Å². The molecule has 1 rings (SSSR count). The second-order valence-corrected chi connectivity index (χ2v) is 5.31. The van der Waals surface area contributed by atoms with E-state index >= 15 is 0 Å². The first-order valence-corrected chi connectivity index (χ1v) is 6.72. The van der Waals surface area contributed by atoms with Crippen LogP contribution in [0.2, 0.25) is 5.02 Å². The first-order valence-electron chi connectivity index (χ1n) is 6.34. The Hall–Kier alpha value is -1.13. The van der Waals surface area contributed by atoms with Crippen LogP contribution in [0.1, 0.15) is 26.3 Å². The summed E-state index contributed by atoms with van der Waals surface area (Å²) in [5.74, 6) is -0.182. The topological polar surface area (TPSA) is 41.1 Å². The standard InChI is InChI=1S/C14H20ClFN2O/c1-9(2)10(3)17-8-13(19)18-7-11-5-4-6-12(15)14(11)16/h4-6,9-10,17H,7-8H2,1-3H3,(H,18,19). The van der Waals surface area contributed by atoms with Crippen LogP contribution in [0.25, 0.3) is 0 Å². The van der Waals surface area contributed by atoms with Crippen LogP contribution in [-0.4, -0.2) is 18.5 Å². The van der Waals surface area contributed by atoms with Crippen LogP contribution in [0.4, 0.5) is 4.39 Å². The van der Waals surface area contributed by atoms with Gasteiger partial charge in [-0.1, -0.05) is 37.6 Å². The molecule has 0 fully saturated rings. The summed E-state index contributed by atoms with van der Waals surface area (Å²) >= 11 is 5.67. The van der Waals surface area contributed by atoms with E-state index in [9.17, 15) is 9.18 Å². The summed E-state index contributed by atoms with van der Waals surface area (Å²) in [5, 5.41) is 5.84. The van der Waals surface area contributed by atoms with Crippen molar-refractivity contribution in [2.75, 3.05) is 6.54 Å². The smallest absolute Gasteiger partial charge is 0.234 e. The van der Waals surface area contributed by atoms with Crippen LogP contribution in [-0.2, 0) is 11.3 Å². The maximum atomic E-state index is 13.6. The number of benzene rings is 1. The van der Waals surface area contributed by atoms with E-state index in [2.05, 4.69) is 24.5 Å². The molecule has 0 saturated heterocycles. The molecular formula is C14H20ClFN2O. The van der Waals surface area contributed by atoms with Gasteiger partial charge in [-0.25, -0.2) is 4.39 Å². The third-order valence-corrected chi connectivity index (χ3v) is 3.38. The fourth-order valence-corrected chi connectivity index (χ4v) is 1.62. The molecule has 0 bridgehead atoms. The Balaban J connectivity index is 2.40. The van der Waals surface area contributed by atoms with Gasteiger partial charge in [0.2, 0.25) is 5.91 Å². The van der Waals surface area contributed by atoms with Crippen LogP contribution >= 0.6 is 11.6 Å². The zero-order chi connectivity index (χ0) is 14.4. The molecule has 1 aromatic carbocycles. The number of carbonyl (C=O) groups is 1. The van der Waals surface area contributed by atoms with Gasteiger partial charge in [-0.05, 0) is 18.9 Å². The average molecular weight is 287 g/mol. The lowest BCUT2D eigenvalue weighted by Crippen LogP contribution is -2.39. The van der Waals surface area contributed by atoms with E-state index < -0.39 is 5.82 Å². The van der Waals surface area contributed by atoms with Crippen molar-refractivity contribution in [3.63, 3.8) is 0 Å². The Morgan fingerprint density at radius 1 is 1.37 bits per heavy atom. The van der Waals surface area contributed by atoms with Crippen LogP contribution in [0.5, 0.6) is 0 Å². The molecule has 1 atom stereocenters. The number of nitrogens with one attached hydrogen (secondary N) is 2. The largest absolute Gasteiger partial charge is 0.351 e. The summed E-state index contributed by atoms with van der Waals surface area (Å²) in [6.45, 7) is 6.55. The third kappa shape index (κ3) is 5.17. The van der Waals surface area contributed by atoms with Gasteiger partial charge in [-0.15, -0.1) is 0 Å². The zero-order valence-electron chi connectivity index (χ0n) is 11.5. The van der Waals surface area contributed by atoms with Gasteiger partial charge < -0.3 is 10.6 Å². The fraction of sp³-hybridized carbons (Fsp3) is 0.500. The molecule has 0 radical (unpaired) electrons.